The number of carbonyl (C=O) groups excluding carboxylic acids is 1. The van der Waals surface area contributed by atoms with Crippen molar-refractivity contribution in [3.8, 4) is 0 Å². The van der Waals surface area contributed by atoms with Gasteiger partial charge in [-0.2, -0.15) is 0 Å². The summed E-state index contributed by atoms with van der Waals surface area (Å²) >= 11 is 0. The first kappa shape index (κ1) is 25.8. The average Bonchev–Trinajstić information content (AvgIpc) is 3.23. The summed E-state index contributed by atoms with van der Waals surface area (Å²) in [5, 5.41) is 6.23. The van der Waals surface area contributed by atoms with E-state index in [2.05, 4.69) is 22.1 Å². The molecule has 32 heavy (non-hydrogen) atoms. The van der Waals surface area contributed by atoms with E-state index in [0.29, 0.717) is 19.7 Å². The highest BCUT2D eigenvalue weighted by atomic mass is 16.6. The number of aliphatic imine (C=N–C) groups is 1. The highest BCUT2D eigenvalue weighted by Crippen LogP contribution is 2.14. The van der Waals surface area contributed by atoms with E-state index in [0.717, 1.165) is 62.6 Å². The number of amides is 1. The largest absolute Gasteiger partial charge is 0.469 e. The van der Waals surface area contributed by atoms with Crippen LogP contribution in [0.4, 0.5) is 4.79 Å². The Morgan fingerprint density at radius 1 is 1.28 bits per heavy atom. The minimum Gasteiger partial charge on any atom is -0.469 e. The normalized spacial score (nSPS) is 15.5. The number of hydrogen-bond donors (Lipinski definition) is 2. The van der Waals surface area contributed by atoms with Gasteiger partial charge in [0.1, 0.15) is 11.4 Å². The number of rotatable bonds is 10. The van der Waals surface area contributed by atoms with Crippen molar-refractivity contribution in [3.05, 3.63) is 36.3 Å². The summed E-state index contributed by atoms with van der Waals surface area (Å²) < 4.78 is 16.7. The Bertz CT molecular complexity index is 717. The maximum atomic E-state index is 11.7. The molecule has 1 aromatic heterocycles. The summed E-state index contributed by atoms with van der Waals surface area (Å²) in [7, 11) is 0. The van der Waals surface area contributed by atoms with E-state index in [-0.39, 0.29) is 12.2 Å². The second kappa shape index (κ2) is 13.2. The number of piperidine rings is 1. The molecule has 0 aliphatic carbocycles. The van der Waals surface area contributed by atoms with Crippen LogP contribution in [0, 0.1) is 0 Å². The van der Waals surface area contributed by atoms with Gasteiger partial charge in [0.05, 0.1) is 18.9 Å². The van der Waals surface area contributed by atoms with Crippen molar-refractivity contribution in [3.63, 3.8) is 0 Å². The van der Waals surface area contributed by atoms with Gasteiger partial charge < -0.3 is 29.4 Å². The fourth-order valence-corrected chi connectivity index (χ4v) is 3.29. The number of alkyl carbamates (subject to hydrolysis) is 1. The first-order valence-corrected chi connectivity index (χ1v) is 11.5. The third kappa shape index (κ3) is 10.7. The molecular weight excluding hydrogens is 408 g/mol. The molecule has 1 aromatic rings. The Morgan fingerprint density at radius 3 is 2.66 bits per heavy atom. The Hall–Kier alpha value is -2.48. The van der Waals surface area contributed by atoms with Crippen molar-refractivity contribution < 1.29 is 18.7 Å². The zero-order chi connectivity index (χ0) is 23.4. The number of likely N-dealkylation sites (tertiary alicyclic amines) is 1. The Balaban J connectivity index is 1.67. The summed E-state index contributed by atoms with van der Waals surface area (Å²) in [5.41, 5.74) is 0.558. The molecule has 2 heterocycles. The maximum absolute atomic E-state index is 11.7. The van der Waals surface area contributed by atoms with Gasteiger partial charge in [0.2, 0.25) is 0 Å². The summed E-state index contributed by atoms with van der Waals surface area (Å²) in [6.07, 6.45) is 5.03. The number of furan rings is 1. The Labute approximate surface area is 192 Å². The highest BCUT2D eigenvalue weighted by molar-refractivity contribution is 5.80. The lowest BCUT2D eigenvalue weighted by molar-refractivity contribution is 0.0170. The van der Waals surface area contributed by atoms with Crippen LogP contribution < -0.4 is 10.6 Å². The van der Waals surface area contributed by atoms with Gasteiger partial charge in [-0.1, -0.05) is 12.2 Å². The predicted molar refractivity (Wildman–Crippen MR) is 127 cm³/mol. The van der Waals surface area contributed by atoms with Gasteiger partial charge in [0.25, 0.3) is 0 Å². The Kier molecular flexibility index (Phi) is 10.6. The van der Waals surface area contributed by atoms with E-state index in [4.69, 9.17) is 18.9 Å². The van der Waals surface area contributed by atoms with Crippen LogP contribution in [0.1, 0.15) is 52.7 Å². The first-order chi connectivity index (χ1) is 15.2. The van der Waals surface area contributed by atoms with Crippen LogP contribution in [0.15, 0.2) is 40.0 Å². The van der Waals surface area contributed by atoms with Crippen LogP contribution in [-0.4, -0.2) is 68.0 Å². The summed E-state index contributed by atoms with van der Waals surface area (Å²) in [5.74, 6) is 1.88. The topological polar surface area (TPSA) is 88.3 Å². The fraction of sp³-hybridized carbons (Fsp3) is 0.667. The molecule has 0 radical (unpaired) electrons. The van der Waals surface area contributed by atoms with E-state index in [1.165, 1.54) is 0 Å². The first-order valence-electron chi connectivity index (χ1n) is 11.5. The van der Waals surface area contributed by atoms with E-state index in [9.17, 15) is 4.79 Å². The number of carbonyl (C=O) groups is 1. The summed E-state index contributed by atoms with van der Waals surface area (Å²) in [6.45, 7) is 15.8. The van der Waals surface area contributed by atoms with E-state index < -0.39 is 5.60 Å². The number of nitrogens with one attached hydrogen (secondary N) is 2. The monoisotopic (exact) mass is 448 g/mol. The van der Waals surface area contributed by atoms with Gasteiger partial charge in [-0.3, -0.25) is 0 Å². The summed E-state index contributed by atoms with van der Waals surface area (Å²) in [4.78, 5) is 18.7. The van der Waals surface area contributed by atoms with Gasteiger partial charge in [-0.05, 0) is 59.1 Å². The number of hydrogen-bond acceptors (Lipinski definition) is 5. The zero-order valence-corrected chi connectivity index (χ0v) is 20.1. The van der Waals surface area contributed by atoms with Crippen LogP contribution in [-0.2, 0) is 15.9 Å². The maximum Gasteiger partial charge on any atom is 0.407 e. The third-order valence-electron chi connectivity index (χ3n) is 4.82. The molecular formula is C24H40N4O4. The van der Waals surface area contributed by atoms with E-state index in [1.807, 2.05) is 39.8 Å². The molecule has 180 valence electrons. The molecule has 2 N–H and O–H groups in total. The smallest absolute Gasteiger partial charge is 0.407 e. The quantitative estimate of drug-likeness (QED) is 0.245. The second-order valence-electron chi connectivity index (χ2n) is 9.19. The van der Waals surface area contributed by atoms with Crippen molar-refractivity contribution >= 4 is 12.1 Å². The molecule has 1 aliphatic heterocycles. The minimum atomic E-state index is -0.477. The second-order valence-corrected chi connectivity index (χ2v) is 9.19. The highest BCUT2D eigenvalue weighted by Gasteiger charge is 2.22. The molecule has 8 nitrogen and oxygen atoms in total. The van der Waals surface area contributed by atoms with Crippen molar-refractivity contribution in [2.45, 2.75) is 65.1 Å². The van der Waals surface area contributed by atoms with Crippen LogP contribution in [0.3, 0.4) is 0 Å². The van der Waals surface area contributed by atoms with Gasteiger partial charge in [-0.15, -0.1) is 0 Å². The molecule has 1 fully saturated rings. The van der Waals surface area contributed by atoms with Crippen LogP contribution >= 0.6 is 0 Å². The van der Waals surface area contributed by atoms with Crippen LogP contribution in [0.2, 0.25) is 0 Å². The van der Waals surface area contributed by atoms with Crippen molar-refractivity contribution in [2.75, 3.05) is 39.3 Å². The van der Waals surface area contributed by atoms with Crippen molar-refractivity contribution in [1.82, 2.24) is 15.5 Å². The zero-order valence-electron chi connectivity index (χ0n) is 20.1. The molecule has 0 spiro atoms. The summed E-state index contributed by atoms with van der Waals surface area (Å²) in [6, 6.07) is 3.89. The molecule has 8 heteroatoms. The van der Waals surface area contributed by atoms with Gasteiger partial charge in [-0.25, -0.2) is 9.79 Å². The third-order valence-corrected chi connectivity index (χ3v) is 4.82. The molecule has 0 unspecified atom stereocenters. The fourth-order valence-electron chi connectivity index (χ4n) is 3.29. The molecule has 0 saturated carbocycles. The Morgan fingerprint density at radius 2 is 2.03 bits per heavy atom. The van der Waals surface area contributed by atoms with Crippen LogP contribution in [0.25, 0.3) is 0 Å². The molecule has 0 bridgehead atoms. The van der Waals surface area contributed by atoms with Crippen LogP contribution in [0.5, 0.6) is 0 Å². The SMILES string of the molecule is C=C(C)CN=C(NCCc1ccco1)N1CCC(OCCCNC(=O)OC(C)(C)C)CC1. The predicted octanol–water partition coefficient (Wildman–Crippen LogP) is 3.74. The standard InChI is InChI=1S/C24H40N4O4/c1-19(2)18-27-22(25-13-9-20-8-6-16-30-20)28-14-10-21(11-15-28)31-17-7-12-26-23(29)32-24(3,4)5/h6,8,16,21H,1,7,9-15,17-18H2,2-5H3,(H,25,27)(H,26,29). The number of ether oxygens (including phenoxy) is 2. The minimum absolute atomic E-state index is 0.235. The van der Waals surface area contributed by atoms with Crippen molar-refractivity contribution in [2.24, 2.45) is 4.99 Å². The average molecular weight is 449 g/mol. The molecule has 0 aromatic carbocycles. The molecule has 0 atom stereocenters. The van der Waals surface area contributed by atoms with E-state index in [1.54, 1.807) is 6.26 Å². The van der Waals surface area contributed by atoms with Gasteiger partial charge in [0.15, 0.2) is 5.96 Å². The van der Waals surface area contributed by atoms with E-state index >= 15 is 0 Å². The lowest BCUT2D eigenvalue weighted by atomic mass is 10.1. The van der Waals surface area contributed by atoms with Crippen molar-refractivity contribution in [1.29, 1.82) is 0 Å². The molecule has 1 saturated heterocycles. The molecule has 1 amide bonds. The number of guanidine groups is 1. The van der Waals surface area contributed by atoms with Gasteiger partial charge >= 0.3 is 6.09 Å². The molecule has 2 rings (SSSR count). The lowest BCUT2D eigenvalue weighted by Crippen LogP contribution is -2.47. The molecule has 1 aliphatic rings. The lowest BCUT2D eigenvalue weighted by Gasteiger charge is -2.34. The number of nitrogens with zero attached hydrogens (tertiary/aromatic N) is 2. The van der Waals surface area contributed by atoms with Gasteiger partial charge in [0, 0.05) is 39.2 Å².